The van der Waals surface area contributed by atoms with E-state index in [4.69, 9.17) is 14.5 Å². The first-order valence-corrected chi connectivity index (χ1v) is 11.6. The van der Waals surface area contributed by atoms with Crippen molar-refractivity contribution in [1.29, 1.82) is 0 Å². The number of rotatable bonds is 7. The van der Waals surface area contributed by atoms with Gasteiger partial charge < -0.3 is 19.7 Å². The van der Waals surface area contributed by atoms with Crippen LogP contribution in [0.3, 0.4) is 0 Å². The molecule has 3 aromatic carbocycles. The highest BCUT2D eigenvalue weighted by Gasteiger charge is 2.26. The number of benzene rings is 3. The maximum Gasteiger partial charge on any atom is 0.248 e. The Balaban J connectivity index is 1.43. The molecule has 1 N–H and O–H groups in total. The molecule has 6 nitrogen and oxygen atoms in total. The number of methoxy groups -OCH3 is 2. The average Bonchev–Trinajstić information content (AvgIpc) is 3.29. The third kappa shape index (κ3) is 4.68. The number of pyridine rings is 1. The lowest BCUT2D eigenvalue weighted by atomic mass is 10.1. The van der Waals surface area contributed by atoms with Gasteiger partial charge in [0.25, 0.3) is 0 Å². The van der Waals surface area contributed by atoms with Crippen molar-refractivity contribution in [2.24, 2.45) is 0 Å². The SMILES string of the molecule is COc1ccc(C=CC(=O)Nc2c3c(nc4ccccc24)N(Cc2ccccc2)CC3)cc1OC. The Morgan fingerprint density at radius 3 is 2.57 bits per heavy atom. The quantitative estimate of drug-likeness (QED) is 0.367. The fourth-order valence-electron chi connectivity index (χ4n) is 4.48. The molecule has 0 saturated carbocycles. The number of hydrogen-bond acceptors (Lipinski definition) is 5. The van der Waals surface area contributed by atoms with E-state index in [1.165, 1.54) is 5.56 Å². The van der Waals surface area contributed by atoms with E-state index in [0.717, 1.165) is 53.0 Å². The lowest BCUT2D eigenvalue weighted by molar-refractivity contribution is -0.111. The van der Waals surface area contributed by atoms with E-state index in [-0.39, 0.29) is 5.91 Å². The van der Waals surface area contributed by atoms with Gasteiger partial charge in [-0.3, -0.25) is 4.79 Å². The second kappa shape index (κ2) is 9.89. The topological polar surface area (TPSA) is 63.7 Å². The lowest BCUT2D eigenvalue weighted by Gasteiger charge is -2.20. The minimum Gasteiger partial charge on any atom is -0.493 e. The van der Waals surface area contributed by atoms with Crippen LogP contribution < -0.4 is 19.7 Å². The highest BCUT2D eigenvalue weighted by molar-refractivity contribution is 6.09. The number of para-hydroxylation sites is 1. The smallest absolute Gasteiger partial charge is 0.248 e. The molecule has 1 aromatic heterocycles. The van der Waals surface area contributed by atoms with Crippen molar-refractivity contribution >= 4 is 34.4 Å². The van der Waals surface area contributed by atoms with Crippen LogP contribution in [0.25, 0.3) is 17.0 Å². The monoisotopic (exact) mass is 465 g/mol. The van der Waals surface area contributed by atoms with Crippen LogP contribution in [0.4, 0.5) is 11.5 Å². The first-order chi connectivity index (χ1) is 17.2. The van der Waals surface area contributed by atoms with E-state index in [2.05, 4.69) is 34.5 Å². The number of ether oxygens (including phenoxy) is 2. The maximum absolute atomic E-state index is 13.0. The fraction of sp³-hybridized carbons (Fsp3) is 0.172. The van der Waals surface area contributed by atoms with Crippen LogP contribution in [0.2, 0.25) is 0 Å². The Morgan fingerprint density at radius 1 is 1.00 bits per heavy atom. The van der Waals surface area contributed by atoms with Crippen molar-refractivity contribution < 1.29 is 14.3 Å². The van der Waals surface area contributed by atoms with E-state index in [9.17, 15) is 4.79 Å². The zero-order valence-electron chi connectivity index (χ0n) is 19.8. The second-order valence-corrected chi connectivity index (χ2v) is 8.40. The summed E-state index contributed by atoms with van der Waals surface area (Å²) in [5, 5.41) is 4.09. The van der Waals surface area contributed by atoms with Gasteiger partial charge in [0, 0.05) is 30.1 Å². The Morgan fingerprint density at radius 2 is 1.77 bits per heavy atom. The summed E-state index contributed by atoms with van der Waals surface area (Å²) in [5.41, 5.74) is 4.86. The molecule has 0 aliphatic carbocycles. The number of aromatic nitrogens is 1. The molecule has 35 heavy (non-hydrogen) atoms. The van der Waals surface area contributed by atoms with E-state index in [1.807, 2.05) is 48.5 Å². The average molecular weight is 466 g/mol. The summed E-state index contributed by atoms with van der Waals surface area (Å²) < 4.78 is 10.6. The highest BCUT2D eigenvalue weighted by atomic mass is 16.5. The Kier molecular flexibility index (Phi) is 6.35. The lowest BCUT2D eigenvalue weighted by Crippen LogP contribution is -2.20. The van der Waals surface area contributed by atoms with Crippen molar-refractivity contribution in [3.05, 3.63) is 95.6 Å². The van der Waals surface area contributed by atoms with Crippen LogP contribution in [-0.4, -0.2) is 31.7 Å². The Labute approximate surface area is 204 Å². The standard InChI is InChI=1S/C29H27N3O3/c1-34-25-14-12-20(18-26(25)35-2)13-15-27(33)31-28-22-10-6-7-11-24(22)30-29-23(28)16-17-32(29)19-21-8-4-3-5-9-21/h3-15,18H,16-17,19H2,1-2H3,(H,30,31,33). The summed E-state index contributed by atoms with van der Waals surface area (Å²) in [6.07, 6.45) is 4.14. The molecule has 1 aliphatic rings. The van der Waals surface area contributed by atoms with Gasteiger partial charge in [-0.25, -0.2) is 4.98 Å². The maximum atomic E-state index is 13.0. The summed E-state index contributed by atoms with van der Waals surface area (Å²) >= 11 is 0. The summed E-state index contributed by atoms with van der Waals surface area (Å²) in [4.78, 5) is 20.2. The molecule has 5 rings (SSSR count). The van der Waals surface area contributed by atoms with E-state index < -0.39 is 0 Å². The number of anilines is 2. The summed E-state index contributed by atoms with van der Waals surface area (Å²) in [6, 6.07) is 23.9. The van der Waals surface area contributed by atoms with Crippen LogP contribution in [-0.2, 0) is 17.8 Å². The number of amides is 1. The minimum atomic E-state index is -0.195. The summed E-state index contributed by atoms with van der Waals surface area (Å²) in [7, 11) is 3.19. The molecule has 0 atom stereocenters. The minimum absolute atomic E-state index is 0.195. The normalized spacial score (nSPS) is 12.7. The van der Waals surface area contributed by atoms with Gasteiger partial charge in [0.1, 0.15) is 5.82 Å². The van der Waals surface area contributed by atoms with E-state index >= 15 is 0 Å². The molecule has 0 bridgehead atoms. The van der Waals surface area contributed by atoms with Gasteiger partial charge in [-0.05, 0) is 41.8 Å². The molecule has 6 heteroatoms. The van der Waals surface area contributed by atoms with Crippen LogP contribution in [0.5, 0.6) is 11.5 Å². The van der Waals surface area contributed by atoms with Gasteiger partial charge in [-0.1, -0.05) is 54.6 Å². The number of fused-ring (bicyclic) bond motifs is 2. The largest absolute Gasteiger partial charge is 0.493 e. The number of hydrogen-bond donors (Lipinski definition) is 1. The molecule has 0 unspecified atom stereocenters. The van der Waals surface area contributed by atoms with Gasteiger partial charge in [0.05, 0.1) is 25.4 Å². The van der Waals surface area contributed by atoms with E-state index in [1.54, 1.807) is 26.4 Å². The third-order valence-corrected chi connectivity index (χ3v) is 6.20. The van der Waals surface area contributed by atoms with Crippen LogP contribution in [0.15, 0.2) is 78.9 Å². The van der Waals surface area contributed by atoms with Gasteiger partial charge in [-0.15, -0.1) is 0 Å². The molecule has 2 heterocycles. The van der Waals surface area contributed by atoms with Crippen LogP contribution >= 0.6 is 0 Å². The predicted molar refractivity (Wildman–Crippen MR) is 140 cm³/mol. The highest BCUT2D eigenvalue weighted by Crippen LogP contribution is 2.38. The molecule has 0 fully saturated rings. The predicted octanol–water partition coefficient (Wildman–Crippen LogP) is 5.47. The molecular weight excluding hydrogens is 438 g/mol. The first-order valence-electron chi connectivity index (χ1n) is 11.6. The number of carbonyl (C=O) groups excluding carboxylic acids is 1. The zero-order chi connectivity index (χ0) is 24.2. The van der Waals surface area contributed by atoms with Gasteiger partial charge in [0.15, 0.2) is 11.5 Å². The molecule has 1 aliphatic heterocycles. The van der Waals surface area contributed by atoms with Crippen molar-refractivity contribution in [1.82, 2.24) is 4.98 Å². The molecule has 176 valence electrons. The molecule has 0 saturated heterocycles. The number of carbonyl (C=O) groups is 1. The molecular formula is C29H27N3O3. The molecule has 0 spiro atoms. The van der Waals surface area contributed by atoms with Crippen LogP contribution in [0.1, 0.15) is 16.7 Å². The van der Waals surface area contributed by atoms with Crippen LogP contribution in [0, 0.1) is 0 Å². The van der Waals surface area contributed by atoms with Crippen molar-refractivity contribution in [3.63, 3.8) is 0 Å². The van der Waals surface area contributed by atoms with Crippen molar-refractivity contribution in [2.45, 2.75) is 13.0 Å². The Bertz CT molecular complexity index is 1400. The van der Waals surface area contributed by atoms with Gasteiger partial charge in [0.2, 0.25) is 5.91 Å². The van der Waals surface area contributed by atoms with Gasteiger partial charge in [-0.2, -0.15) is 0 Å². The fourth-order valence-corrected chi connectivity index (χ4v) is 4.48. The summed E-state index contributed by atoms with van der Waals surface area (Å²) in [6.45, 7) is 1.64. The second-order valence-electron chi connectivity index (χ2n) is 8.40. The van der Waals surface area contributed by atoms with E-state index in [0.29, 0.717) is 11.5 Å². The molecule has 4 aromatic rings. The number of nitrogens with one attached hydrogen (secondary N) is 1. The molecule has 0 radical (unpaired) electrons. The van der Waals surface area contributed by atoms with Gasteiger partial charge >= 0.3 is 0 Å². The first kappa shape index (κ1) is 22.5. The zero-order valence-corrected chi connectivity index (χ0v) is 19.8. The van der Waals surface area contributed by atoms with Crippen molar-refractivity contribution in [2.75, 3.05) is 31.0 Å². The number of nitrogens with zero attached hydrogens (tertiary/aromatic N) is 2. The third-order valence-electron chi connectivity index (χ3n) is 6.20. The Hall–Kier alpha value is -4.32. The van der Waals surface area contributed by atoms with Crippen molar-refractivity contribution in [3.8, 4) is 11.5 Å². The summed E-state index contributed by atoms with van der Waals surface area (Å²) in [5.74, 6) is 2.01. The molecule has 1 amide bonds.